The molecule has 0 bridgehead atoms. The number of fused-ring (bicyclic) bond motifs is 1. The van der Waals surface area contributed by atoms with Gasteiger partial charge in [0, 0.05) is 23.8 Å². The van der Waals surface area contributed by atoms with Gasteiger partial charge in [0.2, 0.25) is 0 Å². The topological polar surface area (TPSA) is 45.6 Å². The van der Waals surface area contributed by atoms with Crippen LogP contribution in [-0.2, 0) is 17.9 Å². The number of aliphatic imine (C=N–C) groups is 1. The molecule has 4 nitrogen and oxygen atoms in total. The van der Waals surface area contributed by atoms with E-state index in [2.05, 4.69) is 58.1 Å². The summed E-state index contributed by atoms with van der Waals surface area (Å²) in [6, 6.07) is 17.9. The van der Waals surface area contributed by atoms with Crippen LogP contribution < -0.4 is 10.6 Å². The van der Waals surface area contributed by atoms with Crippen molar-refractivity contribution in [3.63, 3.8) is 0 Å². The summed E-state index contributed by atoms with van der Waals surface area (Å²) in [6.07, 6.45) is 7.76. The molecular weight excluding hydrogens is 322 g/mol. The number of hydrogen-bond acceptors (Lipinski definition) is 4. The summed E-state index contributed by atoms with van der Waals surface area (Å²) in [5, 5.41) is 6.99. The highest BCUT2D eigenvalue weighted by Gasteiger charge is 2.18. The zero-order valence-electron chi connectivity index (χ0n) is 15.2. The lowest BCUT2D eigenvalue weighted by molar-refractivity contribution is 0.264. The number of hydrogen-bond donors (Lipinski definition) is 2. The lowest BCUT2D eigenvalue weighted by Crippen LogP contribution is -2.36. The van der Waals surface area contributed by atoms with Crippen molar-refractivity contribution in [1.82, 2.24) is 5.32 Å². The molecule has 136 valence electrons. The molecule has 1 aliphatic heterocycles. The van der Waals surface area contributed by atoms with Crippen molar-refractivity contribution in [2.24, 2.45) is 4.99 Å². The summed E-state index contributed by atoms with van der Waals surface area (Å²) in [5.41, 5.74) is 4.52. The first-order valence-electron chi connectivity index (χ1n) is 9.75. The Bertz CT molecular complexity index is 749. The van der Waals surface area contributed by atoms with E-state index < -0.39 is 0 Å². The first-order chi connectivity index (χ1) is 12.9. The third-order valence-corrected chi connectivity index (χ3v) is 5.19. The van der Waals surface area contributed by atoms with E-state index in [0.717, 1.165) is 23.5 Å². The fourth-order valence-electron chi connectivity index (χ4n) is 3.68. The number of nitrogens with zero attached hydrogens (tertiary/aromatic N) is 1. The second-order valence-corrected chi connectivity index (χ2v) is 7.22. The predicted octanol–water partition coefficient (Wildman–Crippen LogP) is 5.13. The molecule has 1 fully saturated rings. The SMILES string of the molecule is c1ccc(CNc2ccc3c(c2)COC(NC2CCCCCC2)=N3)cc1. The molecule has 0 unspecified atom stereocenters. The maximum Gasteiger partial charge on any atom is 0.290 e. The second-order valence-electron chi connectivity index (χ2n) is 7.22. The average Bonchev–Trinajstić information content (AvgIpc) is 2.96. The number of nitrogens with one attached hydrogen (secondary N) is 2. The van der Waals surface area contributed by atoms with Gasteiger partial charge in [-0.2, -0.15) is 4.99 Å². The average molecular weight is 349 g/mol. The van der Waals surface area contributed by atoms with Crippen molar-refractivity contribution in [3.8, 4) is 0 Å². The number of anilines is 1. The summed E-state index contributed by atoms with van der Waals surface area (Å²) >= 11 is 0. The first-order valence-corrected chi connectivity index (χ1v) is 9.75. The molecule has 0 saturated heterocycles. The molecule has 4 heteroatoms. The number of amidine groups is 1. The maximum atomic E-state index is 5.88. The van der Waals surface area contributed by atoms with Gasteiger partial charge < -0.3 is 15.4 Å². The predicted molar refractivity (Wildman–Crippen MR) is 107 cm³/mol. The molecule has 1 heterocycles. The molecule has 4 rings (SSSR count). The molecular formula is C22H27N3O. The third kappa shape index (κ3) is 4.37. The summed E-state index contributed by atoms with van der Waals surface area (Å²) < 4.78 is 5.88. The zero-order valence-corrected chi connectivity index (χ0v) is 15.2. The summed E-state index contributed by atoms with van der Waals surface area (Å²) in [6.45, 7) is 1.40. The minimum atomic E-state index is 0.504. The fourth-order valence-corrected chi connectivity index (χ4v) is 3.68. The molecule has 2 aromatic carbocycles. The Morgan fingerprint density at radius 2 is 1.77 bits per heavy atom. The van der Waals surface area contributed by atoms with Gasteiger partial charge in [0.25, 0.3) is 6.02 Å². The lowest BCUT2D eigenvalue weighted by atomic mass is 10.1. The van der Waals surface area contributed by atoms with Crippen LogP contribution in [0.15, 0.2) is 53.5 Å². The molecule has 0 atom stereocenters. The second kappa shape index (κ2) is 8.26. The Hall–Kier alpha value is -2.49. The highest BCUT2D eigenvalue weighted by Crippen LogP contribution is 2.28. The van der Waals surface area contributed by atoms with Crippen LogP contribution in [0.3, 0.4) is 0 Å². The van der Waals surface area contributed by atoms with Gasteiger partial charge in [-0.25, -0.2) is 0 Å². The van der Waals surface area contributed by atoms with E-state index in [4.69, 9.17) is 4.74 Å². The van der Waals surface area contributed by atoms with E-state index in [1.54, 1.807) is 0 Å². The molecule has 2 aromatic rings. The molecule has 0 aromatic heterocycles. The van der Waals surface area contributed by atoms with Crippen molar-refractivity contribution in [3.05, 3.63) is 59.7 Å². The standard InChI is InChI=1S/C22H27N3O/c1-2-7-11-19(10-6-1)24-22-25-21-13-12-20(14-18(21)16-26-22)23-15-17-8-4-3-5-9-17/h3-5,8-9,12-14,19,23H,1-2,6-7,10-11,15-16H2,(H,24,25). The molecule has 2 N–H and O–H groups in total. The van der Waals surface area contributed by atoms with Crippen LogP contribution in [0.5, 0.6) is 0 Å². The van der Waals surface area contributed by atoms with Crippen molar-refractivity contribution in [2.45, 2.75) is 57.7 Å². The summed E-state index contributed by atoms with van der Waals surface area (Å²) in [5.74, 6) is 0. The van der Waals surface area contributed by atoms with E-state index in [9.17, 15) is 0 Å². The van der Waals surface area contributed by atoms with Crippen molar-refractivity contribution >= 4 is 17.4 Å². The van der Waals surface area contributed by atoms with Crippen LogP contribution in [-0.4, -0.2) is 12.1 Å². The minimum absolute atomic E-state index is 0.504. The largest absolute Gasteiger partial charge is 0.460 e. The van der Waals surface area contributed by atoms with E-state index in [1.165, 1.54) is 44.1 Å². The smallest absolute Gasteiger partial charge is 0.290 e. The minimum Gasteiger partial charge on any atom is -0.460 e. The Labute approximate surface area is 155 Å². The Morgan fingerprint density at radius 1 is 0.962 bits per heavy atom. The highest BCUT2D eigenvalue weighted by molar-refractivity contribution is 5.80. The quantitative estimate of drug-likeness (QED) is 0.752. The Balaban J connectivity index is 1.39. The van der Waals surface area contributed by atoms with E-state index >= 15 is 0 Å². The summed E-state index contributed by atoms with van der Waals surface area (Å²) in [4.78, 5) is 4.69. The van der Waals surface area contributed by atoms with Gasteiger partial charge in [0.05, 0.1) is 5.69 Å². The van der Waals surface area contributed by atoms with E-state index in [-0.39, 0.29) is 0 Å². The van der Waals surface area contributed by atoms with Gasteiger partial charge in [-0.1, -0.05) is 56.0 Å². The van der Waals surface area contributed by atoms with Crippen LogP contribution in [0.2, 0.25) is 0 Å². The van der Waals surface area contributed by atoms with Crippen LogP contribution in [0, 0.1) is 0 Å². The molecule has 2 aliphatic rings. The van der Waals surface area contributed by atoms with Gasteiger partial charge in [-0.3, -0.25) is 0 Å². The third-order valence-electron chi connectivity index (χ3n) is 5.19. The van der Waals surface area contributed by atoms with Crippen molar-refractivity contribution < 1.29 is 4.74 Å². The van der Waals surface area contributed by atoms with Gasteiger partial charge >= 0.3 is 0 Å². The first kappa shape index (κ1) is 17.0. The number of benzene rings is 2. The van der Waals surface area contributed by atoms with E-state index in [0.29, 0.717) is 18.7 Å². The molecule has 0 radical (unpaired) electrons. The Kier molecular flexibility index (Phi) is 5.38. The molecule has 0 spiro atoms. The normalized spacial score (nSPS) is 17.5. The monoisotopic (exact) mass is 349 g/mol. The van der Waals surface area contributed by atoms with Gasteiger partial charge in [0.15, 0.2) is 0 Å². The molecule has 26 heavy (non-hydrogen) atoms. The van der Waals surface area contributed by atoms with Crippen molar-refractivity contribution in [1.29, 1.82) is 0 Å². The molecule has 0 amide bonds. The number of rotatable bonds is 4. The fraction of sp³-hybridized carbons (Fsp3) is 0.409. The van der Waals surface area contributed by atoms with E-state index in [1.807, 2.05) is 6.07 Å². The van der Waals surface area contributed by atoms with Crippen LogP contribution >= 0.6 is 0 Å². The zero-order chi connectivity index (χ0) is 17.6. The summed E-state index contributed by atoms with van der Waals surface area (Å²) in [7, 11) is 0. The Morgan fingerprint density at radius 3 is 2.58 bits per heavy atom. The van der Waals surface area contributed by atoms with Crippen LogP contribution in [0.4, 0.5) is 11.4 Å². The maximum absolute atomic E-state index is 5.88. The lowest BCUT2D eigenvalue weighted by Gasteiger charge is -2.23. The van der Waals surface area contributed by atoms with Gasteiger partial charge in [0.1, 0.15) is 6.61 Å². The van der Waals surface area contributed by atoms with Crippen molar-refractivity contribution in [2.75, 3.05) is 5.32 Å². The molecule has 1 aliphatic carbocycles. The molecule has 1 saturated carbocycles. The van der Waals surface area contributed by atoms with Crippen LogP contribution in [0.1, 0.15) is 49.7 Å². The van der Waals surface area contributed by atoms with Gasteiger partial charge in [-0.05, 0) is 36.6 Å². The highest BCUT2D eigenvalue weighted by atomic mass is 16.5. The number of ether oxygens (including phenoxy) is 1. The van der Waals surface area contributed by atoms with Gasteiger partial charge in [-0.15, -0.1) is 0 Å². The van der Waals surface area contributed by atoms with Crippen LogP contribution in [0.25, 0.3) is 0 Å².